The summed E-state index contributed by atoms with van der Waals surface area (Å²) in [6.07, 6.45) is -0.0641. The molecule has 7 nitrogen and oxygen atoms in total. The van der Waals surface area contributed by atoms with E-state index in [-0.39, 0.29) is 23.6 Å². The maximum Gasteiger partial charge on any atom is 0.302 e. The van der Waals surface area contributed by atoms with Crippen molar-refractivity contribution in [2.45, 2.75) is 19.3 Å². The number of aromatic amines is 1. The van der Waals surface area contributed by atoms with Crippen molar-refractivity contribution >= 4 is 22.8 Å². The van der Waals surface area contributed by atoms with Gasteiger partial charge in [-0.15, -0.1) is 0 Å². The number of carbonyl (C=O) groups is 1. The summed E-state index contributed by atoms with van der Waals surface area (Å²) in [7, 11) is 0. The lowest BCUT2D eigenvalue weighted by atomic mass is 9.92. The Labute approximate surface area is 149 Å². The molecule has 7 heteroatoms. The van der Waals surface area contributed by atoms with E-state index in [2.05, 4.69) is 19.8 Å². The quantitative estimate of drug-likeness (QED) is 0.871. The Morgan fingerprint density at radius 1 is 1.74 bits per heavy atom. The number of aromatic nitrogens is 3. The largest absolute Gasteiger partial charge is 0.354 e. The number of likely N-dealkylation sites (N-methyl/N-ethyl adjacent to an activating group) is 1. The molecule has 1 N–H and O–H groups in total. The van der Waals surface area contributed by atoms with Crippen LogP contribution in [-0.2, 0) is 4.79 Å². The van der Waals surface area contributed by atoms with Crippen molar-refractivity contribution in [3.8, 4) is 0 Å². The summed E-state index contributed by atoms with van der Waals surface area (Å²) in [5.41, 5.74) is -0.0749. The second-order valence-electron chi connectivity index (χ2n) is 4.95. The number of fused-ring (bicyclic) bond motifs is 1. The van der Waals surface area contributed by atoms with E-state index in [0.717, 1.165) is 4.90 Å². The van der Waals surface area contributed by atoms with E-state index in [1.807, 2.05) is 0 Å². The van der Waals surface area contributed by atoms with Crippen LogP contribution in [0.3, 0.4) is 0 Å². The molecule has 1 saturated heterocycles. The number of likely N-dealkylation sites (tertiary alicyclic amines) is 1. The fourth-order valence-electron chi connectivity index (χ4n) is 2.38. The molecule has 0 aliphatic carbocycles. The van der Waals surface area contributed by atoms with Gasteiger partial charge in [0.05, 0.1) is 14.1 Å². The zero-order valence-corrected chi connectivity index (χ0v) is 12.1. The van der Waals surface area contributed by atoms with E-state index in [4.69, 9.17) is 20.3 Å². The van der Waals surface area contributed by atoms with Crippen LogP contribution in [0.1, 0.15) is 27.0 Å². The first-order valence-electron chi connectivity index (χ1n) is 11.8. The molecule has 1 fully saturated rings. The minimum absolute atomic E-state index is 0.0749. The van der Waals surface area contributed by atoms with E-state index < -0.39 is 63.3 Å². The SMILES string of the molecule is [2H]c1nc(N(C([2H])([2H])[2H])[C@@]2([2H])CN(C(=O)C[N+]#[C-])CC[C@@]2([2H])C([2H])([2H])[2H])c2c([2H])c[nH]c2n1. The zero-order valence-electron chi connectivity index (χ0n) is 22.1. The number of carbonyl (C=O) groups excluding carboxylic acids is 1. The molecule has 120 valence electrons. The van der Waals surface area contributed by atoms with Crippen LogP contribution in [0.25, 0.3) is 15.9 Å². The topological polar surface area (TPSA) is 69.5 Å². The fourth-order valence-corrected chi connectivity index (χ4v) is 2.38. The normalized spacial score (nSPS) is 35.0. The van der Waals surface area contributed by atoms with Gasteiger partial charge in [-0.05, 0) is 18.4 Å². The van der Waals surface area contributed by atoms with Crippen LogP contribution < -0.4 is 4.90 Å². The molecule has 0 aromatic carbocycles. The molecule has 1 aliphatic heterocycles. The van der Waals surface area contributed by atoms with Crippen molar-refractivity contribution in [3.05, 3.63) is 30.0 Å². The van der Waals surface area contributed by atoms with Gasteiger partial charge < -0.3 is 19.6 Å². The van der Waals surface area contributed by atoms with Crippen LogP contribution in [0.5, 0.6) is 0 Å². The lowest BCUT2D eigenvalue weighted by Gasteiger charge is -2.41. The molecule has 0 saturated carbocycles. The number of rotatable bonds is 3. The Morgan fingerprint density at radius 2 is 2.65 bits per heavy atom. The summed E-state index contributed by atoms with van der Waals surface area (Å²) in [6, 6.07) is -3.09. The average molecular weight is 322 g/mol. The third kappa shape index (κ3) is 2.84. The summed E-state index contributed by atoms with van der Waals surface area (Å²) in [4.78, 5) is 26.9. The first kappa shape index (κ1) is 7.30. The molecule has 0 unspecified atom stereocenters. The molecule has 23 heavy (non-hydrogen) atoms. The molecular formula is C16H20N6O. The van der Waals surface area contributed by atoms with Crippen molar-refractivity contribution in [3.63, 3.8) is 0 Å². The number of hydrogen-bond acceptors (Lipinski definition) is 4. The van der Waals surface area contributed by atoms with Crippen molar-refractivity contribution in [2.24, 2.45) is 5.89 Å². The van der Waals surface area contributed by atoms with Crippen LogP contribution >= 0.6 is 0 Å². The van der Waals surface area contributed by atoms with E-state index >= 15 is 0 Å². The Balaban J connectivity index is 2.34. The lowest BCUT2D eigenvalue weighted by molar-refractivity contribution is -0.130. The number of nitrogens with one attached hydrogen (secondary N) is 1. The van der Waals surface area contributed by atoms with Crippen molar-refractivity contribution in [1.82, 2.24) is 19.9 Å². The molecule has 0 bridgehead atoms. The predicted molar refractivity (Wildman–Crippen MR) is 87.9 cm³/mol. The number of anilines is 1. The number of H-pyrrole nitrogens is 1. The monoisotopic (exact) mass is 322 g/mol. The molecule has 2 aromatic heterocycles. The number of amides is 1. The van der Waals surface area contributed by atoms with Gasteiger partial charge in [0, 0.05) is 35.9 Å². The Morgan fingerprint density at radius 3 is 3.43 bits per heavy atom. The van der Waals surface area contributed by atoms with Crippen LogP contribution in [-0.4, -0.2) is 58.4 Å². The molecule has 2 atom stereocenters. The van der Waals surface area contributed by atoms with Gasteiger partial charge in [-0.2, -0.15) is 0 Å². The Bertz CT molecular complexity index is 1120. The summed E-state index contributed by atoms with van der Waals surface area (Å²) >= 11 is 0. The average Bonchev–Trinajstić information content (AvgIpc) is 3.03. The van der Waals surface area contributed by atoms with Crippen LogP contribution in [0.15, 0.2) is 18.5 Å². The minimum Gasteiger partial charge on any atom is -0.354 e. The Hall–Kier alpha value is -2.62. The lowest BCUT2D eigenvalue weighted by Crippen LogP contribution is -2.53. The summed E-state index contributed by atoms with van der Waals surface area (Å²) in [5.74, 6) is -4.04. The van der Waals surface area contributed by atoms with Gasteiger partial charge in [0.1, 0.15) is 19.1 Å². The summed E-state index contributed by atoms with van der Waals surface area (Å²) < 4.78 is 82.2. The highest BCUT2D eigenvalue weighted by molar-refractivity contribution is 5.87. The van der Waals surface area contributed by atoms with Gasteiger partial charge >= 0.3 is 5.91 Å². The summed E-state index contributed by atoms with van der Waals surface area (Å²) in [5, 5.41) is -0.175. The van der Waals surface area contributed by atoms with Gasteiger partial charge in [-0.1, -0.05) is 6.85 Å². The first-order chi connectivity index (χ1) is 15.1. The molecule has 3 heterocycles. The standard InChI is InChI=1S/C16H20N6O/c1-11-5-7-22(14(23)8-17-2)9-13(11)21(3)16-12-4-6-18-15(12)19-10-20-16/h4,6,10-11,13H,5,7-9H2,1,3H3,(H,18,19,20)/t11-,13+/m1/s1/i1D3,3D3,4D,10D,11D,13D. The fraction of sp³-hybridized carbons (Fsp3) is 0.500. The van der Waals surface area contributed by atoms with Gasteiger partial charge in [-0.25, -0.2) is 16.5 Å². The zero-order chi connectivity index (χ0) is 25.0. The number of hydrogen-bond donors (Lipinski definition) is 1. The third-order valence-electron chi connectivity index (χ3n) is 3.57. The van der Waals surface area contributed by atoms with E-state index in [1.165, 1.54) is 6.20 Å². The summed E-state index contributed by atoms with van der Waals surface area (Å²) in [6.45, 7) is -1.18. The maximum absolute atomic E-state index is 12.4. The second kappa shape index (κ2) is 6.24. The smallest absolute Gasteiger partial charge is 0.302 e. The van der Waals surface area contributed by atoms with Gasteiger partial charge in [0.25, 0.3) is 6.54 Å². The van der Waals surface area contributed by atoms with Crippen LogP contribution in [0, 0.1) is 12.5 Å². The van der Waals surface area contributed by atoms with Gasteiger partial charge in [-0.3, -0.25) is 4.79 Å². The van der Waals surface area contributed by atoms with Crippen LogP contribution in [0.2, 0.25) is 0 Å². The number of nitrogens with zero attached hydrogens (tertiary/aromatic N) is 5. The Kier molecular flexibility index (Phi) is 1.98. The van der Waals surface area contributed by atoms with Crippen LogP contribution in [0.4, 0.5) is 5.82 Å². The van der Waals surface area contributed by atoms with Gasteiger partial charge in [0.2, 0.25) is 0 Å². The highest BCUT2D eigenvalue weighted by Gasteiger charge is 2.33. The molecular weight excluding hydrogens is 292 g/mol. The molecule has 1 amide bonds. The second-order valence-corrected chi connectivity index (χ2v) is 4.95. The molecule has 0 spiro atoms. The van der Waals surface area contributed by atoms with E-state index in [0.29, 0.717) is 4.90 Å². The van der Waals surface area contributed by atoms with Crippen molar-refractivity contribution < 1.29 is 18.5 Å². The number of piperidine rings is 1. The molecule has 0 radical (unpaired) electrons. The maximum atomic E-state index is 12.4. The minimum atomic E-state index is -3.26. The highest BCUT2D eigenvalue weighted by atomic mass is 16.2. The highest BCUT2D eigenvalue weighted by Crippen LogP contribution is 2.28. The predicted octanol–water partition coefficient (Wildman–Crippen LogP) is 1.55. The third-order valence-corrected chi connectivity index (χ3v) is 3.57. The van der Waals surface area contributed by atoms with Gasteiger partial charge in [0.15, 0.2) is 0 Å². The van der Waals surface area contributed by atoms with E-state index in [1.54, 1.807) is 0 Å². The first-order valence-corrected chi connectivity index (χ1v) is 6.80. The molecule has 2 aromatic rings. The van der Waals surface area contributed by atoms with E-state index in [9.17, 15) is 4.79 Å². The van der Waals surface area contributed by atoms with Crippen molar-refractivity contribution in [1.29, 1.82) is 0 Å². The molecule has 1 aliphatic rings. The molecule has 3 rings (SSSR count). The van der Waals surface area contributed by atoms with Crippen molar-refractivity contribution in [2.75, 3.05) is 31.5 Å².